The molecular weight excluding hydrogens is 468 g/mol. The number of likely N-dealkylation sites (tertiary alicyclic amines) is 1. The van der Waals surface area contributed by atoms with Gasteiger partial charge >= 0.3 is 6.09 Å². The highest BCUT2D eigenvalue weighted by Gasteiger charge is 2.43. The predicted octanol–water partition coefficient (Wildman–Crippen LogP) is 5.07. The van der Waals surface area contributed by atoms with Crippen LogP contribution in [0.1, 0.15) is 50.9 Å². The molecule has 5 rings (SSSR count). The summed E-state index contributed by atoms with van der Waals surface area (Å²) in [5, 5.41) is 4.08. The largest absolute Gasteiger partial charge is 0.478 e. The minimum Gasteiger partial charge on any atom is -0.478 e. The van der Waals surface area contributed by atoms with Gasteiger partial charge in [-0.15, -0.1) is 0 Å². The number of hydrogen-bond acceptors (Lipinski definition) is 6. The van der Waals surface area contributed by atoms with E-state index >= 15 is 0 Å². The number of benzene rings is 1. The average Bonchev–Trinajstić information content (AvgIpc) is 3.42. The Bertz CT molecular complexity index is 1290. The van der Waals surface area contributed by atoms with Crippen LogP contribution in [-0.2, 0) is 4.74 Å². The predicted molar refractivity (Wildman–Crippen MR) is 141 cm³/mol. The van der Waals surface area contributed by atoms with Gasteiger partial charge in [0.2, 0.25) is 5.88 Å². The Hall–Kier alpha value is -3.68. The number of para-hydroxylation sites is 1. The third-order valence-electron chi connectivity index (χ3n) is 7.02. The molecule has 1 aromatic carbocycles. The summed E-state index contributed by atoms with van der Waals surface area (Å²) in [5.74, 6) is 1.20. The molecule has 1 N–H and O–H groups in total. The van der Waals surface area contributed by atoms with Crippen LogP contribution in [0, 0.1) is 11.8 Å². The summed E-state index contributed by atoms with van der Waals surface area (Å²) in [4.78, 5) is 37.0. The van der Waals surface area contributed by atoms with E-state index in [1.54, 1.807) is 6.20 Å². The molecule has 2 aliphatic rings. The van der Waals surface area contributed by atoms with Gasteiger partial charge in [0.15, 0.2) is 0 Å². The molecule has 1 saturated carbocycles. The molecule has 1 aliphatic heterocycles. The molecule has 2 fully saturated rings. The highest BCUT2D eigenvalue weighted by atomic mass is 16.6. The van der Waals surface area contributed by atoms with Crippen molar-refractivity contribution in [2.75, 3.05) is 19.7 Å². The number of carbonyl (C=O) groups excluding carboxylic acids is 2. The molecule has 8 heteroatoms. The summed E-state index contributed by atoms with van der Waals surface area (Å²) in [6.07, 6.45) is 3.18. The van der Waals surface area contributed by atoms with Crippen molar-refractivity contribution >= 4 is 22.9 Å². The van der Waals surface area contributed by atoms with Gasteiger partial charge in [-0.2, -0.15) is 0 Å². The minimum atomic E-state index is -0.501. The standard InChI is InChI=1S/C29H34N4O4/c1-5-36-26-11-10-18(15-30-26)25-14-23(22-8-6-7-9-24(22)32-25)27(34)31-21-12-19-16-33(17-20(19)13-21)28(35)37-29(2,3)4/h6-11,14-15,19-21H,5,12-13,16-17H2,1-4H3,(H,31,34)/t19-,20+,21?. The lowest BCUT2D eigenvalue weighted by Gasteiger charge is -2.25. The molecular formula is C29H34N4O4. The van der Waals surface area contributed by atoms with E-state index in [1.807, 2.05) is 75.1 Å². The lowest BCUT2D eigenvalue weighted by atomic mass is 10.0. The van der Waals surface area contributed by atoms with Crippen LogP contribution in [0.15, 0.2) is 48.7 Å². The van der Waals surface area contributed by atoms with Crippen molar-refractivity contribution in [1.82, 2.24) is 20.2 Å². The molecule has 37 heavy (non-hydrogen) atoms. The Balaban J connectivity index is 1.30. The maximum atomic E-state index is 13.5. The van der Waals surface area contributed by atoms with Crippen molar-refractivity contribution in [3.8, 4) is 17.1 Å². The third kappa shape index (κ3) is 5.53. The molecule has 0 bridgehead atoms. The topological polar surface area (TPSA) is 93.7 Å². The van der Waals surface area contributed by atoms with Crippen molar-refractivity contribution in [1.29, 1.82) is 0 Å². The van der Waals surface area contributed by atoms with Gasteiger partial charge in [0.05, 0.1) is 23.4 Å². The summed E-state index contributed by atoms with van der Waals surface area (Å²) in [5.41, 5.74) is 2.37. The van der Waals surface area contributed by atoms with Gasteiger partial charge in [0.1, 0.15) is 5.60 Å². The Labute approximate surface area is 217 Å². The molecule has 8 nitrogen and oxygen atoms in total. The molecule has 0 spiro atoms. The molecule has 2 amide bonds. The van der Waals surface area contributed by atoms with E-state index in [1.165, 1.54) is 0 Å². The SMILES string of the molecule is CCOc1ccc(-c2cc(C(=O)NC3C[C@@H]4CN(C(=O)OC(C)(C)C)C[C@@H]4C3)c3ccccc3n2)cn1. The molecule has 1 aliphatic carbocycles. The van der Waals surface area contributed by atoms with Gasteiger partial charge in [-0.3, -0.25) is 4.79 Å². The Kier molecular flexibility index (Phi) is 6.75. The molecule has 3 atom stereocenters. The first kappa shape index (κ1) is 25.0. The second-order valence-electron chi connectivity index (χ2n) is 10.9. The van der Waals surface area contributed by atoms with E-state index in [9.17, 15) is 9.59 Å². The van der Waals surface area contributed by atoms with Crippen molar-refractivity contribution in [3.05, 3.63) is 54.2 Å². The van der Waals surface area contributed by atoms with Crippen molar-refractivity contribution in [2.45, 2.75) is 52.2 Å². The van der Waals surface area contributed by atoms with Gasteiger partial charge in [-0.1, -0.05) is 18.2 Å². The summed E-state index contributed by atoms with van der Waals surface area (Å²) in [6, 6.07) is 13.3. The van der Waals surface area contributed by atoms with Crippen LogP contribution in [0.3, 0.4) is 0 Å². The molecule has 3 aromatic rings. The van der Waals surface area contributed by atoms with Gasteiger partial charge in [-0.05, 0) is 70.6 Å². The molecule has 1 unspecified atom stereocenters. The number of fused-ring (bicyclic) bond motifs is 2. The number of amides is 2. The first-order valence-corrected chi connectivity index (χ1v) is 13.0. The van der Waals surface area contributed by atoms with Crippen LogP contribution in [0.4, 0.5) is 4.79 Å². The van der Waals surface area contributed by atoms with Crippen LogP contribution in [0.25, 0.3) is 22.2 Å². The minimum absolute atomic E-state index is 0.0748. The number of pyridine rings is 2. The smallest absolute Gasteiger partial charge is 0.410 e. The Morgan fingerprint density at radius 1 is 1.08 bits per heavy atom. The maximum Gasteiger partial charge on any atom is 0.410 e. The van der Waals surface area contributed by atoms with Crippen molar-refractivity contribution in [3.63, 3.8) is 0 Å². The normalized spacial score (nSPS) is 21.1. The van der Waals surface area contributed by atoms with E-state index in [4.69, 9.17) is 14.5 Å². The average molecular weight is 503 g/mol. The quantitative estimate of drug-likeness (QED) is 0.524. The lowest BCUT2D eigenvalue weighted by Crippen LogP contribution is -2.38. The van der Waals surface area contributed by atoms with E-state index in [2.05, 4.69) is 10.3 Å². The molecule has 2 aromatic heterocycles. The van der Waals surface area contributed by atoms with Crippen LogP contribution >= 0.6 is 0 Å². The molecule has 194 valence electrons. The van der Waals surface area contributed by atoms with Gasteiger partial charge in [0, 0.05) is 42.3 Å². The number of aromatic nitrogens is 2. The first-order chi connectivity index (χ1) is 17.7. The zero-order valence-electron chi connectivity index (χ0n) is 21.9. The van der Waals surface area contributed by atoms with E-state index in [0.717, 1.165) is 29.3 Å². The van der Waals surface area contributed by atoms with Crippen LogP contribution in [0.5, 0.6) is 5.88 Å². The molecule has 3 heterocycles. The molecule has 1 saturated heterocycles. The number of nitrogens with one attached hydrogen (secondary N) is 1. The number of carbonyl (C=O) groups is 2. The Morgan fingerprint density at radius 3 is 2.46 bits per heavy atom. The summed E-state index contributed by atoms with van der Waals surface area (Å²) in [6.45, 7) is 9.47. The first-order valence-electron chi connectivity index (χ1n) is 13.0. The lowest BCUT2D eigenvalue weighted by molar-refractivity contribution is 0.0278. The second-order valence-corrected chi connectivity index (χ2v) is 10.9. The van der Waals surface area contributed by atoms with E-state index < -0.39 is 5.60 Å². The van der Waals surface area contributed by atoms with Gasteiger partial charge in [0.25, 0.3) is 5.91 Å². The fraction of sp³-hybridized carbons (Fsp3) is 0.448. The fourth-order valence-electron chi connectivity index (χ4n) is 5.43. The third-order valence-corrected chi connectivity index (χ3v) is 7.02. The van der Waals surface area contributed by atoms with Crippen LogP contribution in [-0.4, -0.2) is 58.2 Å². The second kappa shape index (κ2) is 10.00. The van der Waals surface area contributed by atoms with Crippen LogP contribution in [0.2, 0.25) is 0 Å². The van der Waals surface area contributed by atoms with Gasteiger partial charge < -0.3 is 19.7 Å². The maximum absolute atomic E-state index is 13.5. The van der Waals surface area contributed by atoms with Crippen molar-refractivity contribution < 1.29 is 19.1 Å². The number of hydrogen-bond donors (Lipinski definition) is 1. The summed E-state index contributed by atoms with van der Waals surface area (Å²) < 4.78 is 11.0. The number of nitrogens with zero attached hydrogens (tertiary/aromatic N) is 3. The van der Waals surface area contributed by atoms with Gasteiger partial charge in [-0.25, -0.2) is 14.8 Å². The highest BCUT2D eigenvalue weighted by molar-refractivity contribution is 6.07. The van der Waals surface area contributed by atoms with E-state index in [0.29, 0.717) is 48.7 Å². The number of rotatable bonds is 5. The fourth-order valence-corrected chi connectivity index (χ4v) is 5.43. The van der Waals surface area contributed by atoms with Crippen LogP contribution < -0.4 is 10.1 Å². The molecule has 0 radical (unpaired) electrons. The number of ether oxygens (including phenoxy) is 2. The zero-order chi connectivity index (χ0) is 26.2. The van der Waals surface area contributed by atoms with E-state index in [-0.39, 0.29) is 18.0 Å². The zero-order valence-corrected chi connectivity index (χ0v) is 21.9. The summed E-state index contributed by atoms with van der Waals surface area (Å²) >= 11 is 0. The monoisotopic (exact) mass is 502 g/mol. The Morgan fingerprint density at radius 2 is 1.81 bits per heavy atom. The van der Waals surface area contributed by atoms with Crippen molar-refractivity contribution in [2.24, 2.45) is 11.8 Å². The summed E-state index contributed by atoms with van der Waals surface area (Å²) in [7, 11) is 0. The highest BCUT2D eigenvalue weighted by Crippen LogP contribution is 2.39.